The van der Waals surface area contributed by atoms with Crippen LogP contribution in [0.4, 0.5) is 0 Å². The Kier molecular flexibility index (Phi) is 8.95. The molecule has 1 aromatic heterocycles. The Bertz CT molecular complexity index is 978. The van der Waals surface area contributed by atoms with Crippen LogP contribution in [0.5, 0.6) is 23.2 Å². The smallest absolute Gasteiger partial charge is 0.324 e. The number of carbonyl (C=O) groups excluding carboxylic acids is 3. The number of ketones is 1. The zero-order valence-corrected chi connectivity index (χ0v) is 18.3. The van der Waals surface area contributed by atoms with E-state index in [2.05, 4.69) is 0 Å². The zero-order valence-electron chi connectivity index (χ0n) is 17.5. The van der Waals surface area contributed by atoms with E-state index in [1.54, 1.807) is 19.1 Å². The number of hydrogen-bond donors (Lipinski definition) is 0. The Balaban J connectivity index is 2.03. The van der Waals surface area contributed by atoms with Gasteiger partial charge in [-0.05, 0) is 43.4 Å². The molecule has 0 N–H and O–H groups in total. The first-order valence-corrected chi connectivity index (χ1v) is 10.0. The molecule has 1 heterocycles. The monoisotopic (exact) mass is 446 g/mol. The molecule has 0 saturated carbocycles. The molecule has 0 fully saturated rings. The number of furan rings is 1. The molecule has 164 valence electrons. The van der Waals surface area contributed by atoms with E-state index < -0.39 is 5.97 Å². The molecule has 2 aromatic rings. The van der Waals surface area contributed by atoms with E-state index in [1.807, 2.05) is 0 Å². The third kappa shape index (κ3) is 6.78. The van der Waals surface area contributed by atoms with Gasteiger partial charge in [-0.1, -0.05) is 17.8 Å². The maximum atomic E-state index is 12.5. The van der Waals surface area contributed by atoms with Crippen LogP contribution in [0.2, 0.25) is 0 Å². The van der Waals surface area contributed by atoms with Gasteiger partial charge in [-0.25, -0.2) is 0 Å². The summed E-state index contributed by atoms with van der Waals surface area (Å²) >= 11 is 0.825. The summed E-state index contributed by atoms with van der Waals surface area (Å²) in [4.78, 5) is 35.7. The number of esters is 1. The maximum Gasteiger partial charge on any atom is 0.324 e. The highest BCUT2D eigenvalue weighted by atomic mass is 32.2. The van der Waals surface area contributed by atoms with Gasteiger partial charge < -0.3 is 23.4 Å². The molecule has 0 saturated heterocycles. The molecule has 0 spiro atoms. The number of thioether (sulfide) groups is 1. The molecule has 0 aliphatic heterocycles. The lowest BCUT2D eigenvalue weighted by atomic mass is 10.1. The van der Waals surface area contributed by atoms with Crippen LogP contribution in [0.3, 0.4) is 0 Å². The first-order chi connectivity index (χ1) is 14.9. The lowest BCUT2D eigenvalue weighted by Gasteiger charge is -2.13. The lowest BCUT2D eigenvalue weighted by molar-refractivity contribution is -0.132. The van der Waals surface area contributed by atoms with Crippen molar-refractivity contribution in [2.75, 3.05) is 27.1 Å². The summed E-state index contributed by atoms with van der Waals surface area (Å²) in [6.45, 7) is 1.71. The van der Waals surface area contributed by atoms with Crippen molar-refractivity contribution in [2.24, 2.45) is 0 Å². The second kappa shape index (κ2) is 11.7. The second-order valence-electron chi connectivity index (χ2n) is 5.85. The number of methoxy groups -OCH3 is 3. The van der Waals surface area contributed by atoms with E-state index in [1.165, 1.54) is 57.8 Å². The van der Waals surface area contributed by atoms with Gasteiger partial charge in [0, 0.05) is 11.6 Å². The Morgan fingerprint density at radius 2 is 1.68 bits per heavy atom. The van der Waals surface area contributed by atoms with Gasteiger partial charge in [0.25, 0.3) is 5.95 Å². The molecule has 9 heteroatoms. The molecule has 1 aromatic carbocycles. The molecule has 0 radical (unpaired) electrons. The van der Waals surface area contributed by atoms with Crippen LogP contribution < -0.4 is 18.9 Å². The number of carbonyl (C=O) groups is 3. The number of benzene rings is 1. The lowest BCUT2D eigenvalue weighted by Crippen LogP contribution is -2.11. The molecule has 0 unspecified atom stereocenters. The number of ether oxygens (including phenoxy) is 4. The molecule has 0 atom stereocenters. The Hall–Kier alpha value is -3.46. The highest BCUT2D eigenvalue weighted by Gasteiger charge is 2.16. The summed E-state index contributed by atoms with van der Waals surface area (Å²) < 4.78 is 26.1. The quantitative estimate of drug-likeness (QED) is 0.305. The Morgan fingerprint density at radius 1 is 1.00 bits per heavy atom. The minimum absolute atomic E-state index is 0.0380. The predicted molar refractivity (Wildman–Crippen MR) is 116 cm³/mol. The third-order valence-electron chi connectivity index (χ3n) is 3.80. The van der Waals surface area contributed by atoms with Crippen LogP contribution in [0, 0.1) is 0 Å². The minimum atomic E-state index is -0.624. The fourth-order valence-corrected chi connectivity index (χ4v) is 2.96. The van der Waals surface area contributed by atoms with Crippen molar-refractivity contribution in [3.63, 3.8) is 0 Å². The molecule has 8 nitrogen and oxygen atoms in total. The van der Waals surface area contributed by atoms with Crippen LogP contribution in [-0.4, -0.2) is 44.0 Å². The first-order valence-electron chi connectivity index (χ1n) is 9.04. The van der Waals surface area contributed by atoms with Gasteiger partial charge in [0.15, 0.2) is 17.3 Å². The Labute approximate surface area is 183 Å². The SMILES string of the molecule is C/C=C/C(=O)SCC(=O)Oc1ccc(/C=C/C(=O)c2cc(OC)c(OC)c(OC)c2)o1. The van der Waals surface area contributed by atoms with Gasteiger partial charge >= 0.3 is 5.97 Å². The molecule has 31 heavy (non-hydrogen) atoms. The zero-order chi connectivity index (χ0) is 22.8. The fourth-order valence-electron chi connectivity index (χ4n) is 2.41. The van der Waals surface area contributed by atoms with Crippen LogP contribution in [-0.2, 0) is 9.59 Å². The average Bonchev–Trinajstić information content (AvgIpc) is 3.22. The fraction of sp³-hybridized carbons (Fsp3) is 0.227. The normalized spacial score (nSPS) is 11.0. The van der Waals surface area contributed by atoms with E-state index in [4.69, 9.17) is 23.4 Å². The van der Waals surface area contributed by atoms with E-state index in [0.29, 0.717) is 28.6 Å². The van der Waals surface area contributed by atoms with E-state index in [-0.39, 0.29) is 22.6 Å². The van der Waals surface area contributed by atoms with E-state index >= 15 is 0 Å². The number of rotatable bonds is 10. The molecule has 0 bridgehead atoms. The summed E-state index contributed by atoms with van der Waals surface area (Å²) in [5.74, 6) is 0.274. The van der Waals surface area contributed by atoms with Crippen molar-refractivity contribution in [3.05, 3.63) is 53.8 Å². The summed E-state index contributed by atoms with van der Waals surface area (Å²) in [5, 5.41) is -0.243. The van der Waals surface area contributed by atoms with Gasteiger partial charge in [-0.15, -0.1) is 0 Å². The molecule has 0 aliphatic carbocycles. The topological polar surface area (TPSA) is 101 Å². The van der Waals surface area contributed by atoms with Crippen molar-refractivity contribution in [1.29, 1.82) is 0 Å². The Morgan fingerprint density at radius 3 is 2.26 bits per heavy atom. The van der Waals surface area contributed by atoms with Gasteiger partial charge in [0.05, 0.1) is 27.1 Å². The second-order valence-corrected chi connectivity index (χ2v) is 6.83. The van der Waals surface area contributed by atoms with Crippen molar-refractivity contribution in [1.82, 2.24) is 0 Å². The van der Waals surface area contributed by atoms with Gasteiger partial charge in [0.2, 0.25) is 10.9 Å². The largest absolute Gasteiger partial charge is 0.493 e. The highest BCUT2D eigenvalue weighted by molar-refractivity contribution is 8.14. The average molecular weight is 446 g/mol. The molecule has 0 amide bonds. The summed E-state index contributed by atoms with van der Waals surface area (Å²) in [6, 6.07) is 6.06. The van der Waals surface area contributed by atoms with Crippen LogP contribution in [0.1, 0.15) is 23.0 Å². The van der Waals surface area contributed by atoms with Crippen molar-refractivity contribution < 1.29 is 37.7 Å². The third-order valence-corrected chi connectivity index (χ3v) is 4.60. The maximum absolute atomic E-state index is 12.5. The van der Waals surface area contributed by atoms with Crippen molar-refractivity contribution >= 4 is 34.7 Å². The van der Waals surface area contributed by atoms with E-state index in [0.717, 1.165) is 11.8 Å². The minimum Gasteiger partial charge on any atom is -0.493 e. The summed E-state index contributed by atoms with van der Waals surface area (Å²) in [5.41, 5.74) is 0.326. The summed E-state index contributed by atoms with van der Waals surface area (Å²) in [6.07, 6.45) is 5.69. The van der Waals surface area contributed by atoms with Crippen molar-refractivity contribution in [2.45, 2.75) is 6.92 Å². The molecular weight excluding hydrogens is 424 g/mol. The van der Waals surface area contributed by atoms with Crippen LogP contribution in [0.25, 0.3) is 6.08 Å². The molecule has 0 aliphatic rings. The van der Waals surface area contributed by atoms with Gasteiger partial charge in [-0.3, -0.25) is 14.4 Å². The number of allylic oxidation sites excluding steroid dienone is 2. The highest BCUT2D eigenvalue weighted by Crippen LogP contribution is 2.38. The summed E-state index contributed by atoms with van der Waals surface area (Å²) in [7, 11) is 4.39. The molecular formula is C22H22O8S. The van der Waals surface area contributed by atoms with Gasteiger partial charge in [-0.2, -0.15) is 0 Å². The van der Waals surface area contributed by atoms with Crippen LogP contribution in [0.15, 0.2) is 46.9 Å². The van der Waals surface area contributed by atoms with Gasteiger partial charge in [0.1, 0.15) is 5.76 Å². The molecule has 2 rings (SSSR count). The van der Waals surface area contributed by atoms with E-state index in [9.17, 15) is 14.4 Å². The first kappa shape index (κ1) is 23.8. The number of hydrogen-bond acceptors (Lipinski definition) is 9. The standard InChI is InChI=1S/C22H22O8S/c1-5-6-20(25)31-13-19(24)30-21-10-8-15(29-21)7-9-16(23)14-11-17(26-2)22(28-4)18(12-14)27-3/h5-12H,13H2,1-4H3/b6-5+,9-7+. The van der Waals surface area contributed by atoms with Crippen LogP contribution >= 0.6 is 11.8 Å². The van der Waals surface area contributed by atoms with Crippen molar-refractivity contribution in [3.8, 4) is 23.2 Å². The predicted octanol–water partition coefficient (Wildman–Crippen LogP) is 3.94.